The summed E-state index contributed by atoms with van der Waals surface area (Å²) < 4.78 is 0.762. The number of halogens is 1. The summed E-state index contributed by atoms with van der Waals surface area (Å²) in [5.74, 6) is 0. The van der Waals surface area contributed by atoms with Gasteiger partial charge in [0, 0.05) is 6.20 Å². The summed E-state index contributed by atoms with van der Waals surface area (Å²) in [6.45, 7) is 0. The lowest BCUT2D eigenvalue weighted by Gasteiger charge is -1.88. The minimum atomic E-state index is 0.637. The van der Waals surface area contributed by atoms with E-state index in [-0.39, 0.29) is 0 Å². The molecule has 1 aromatic heterocycles. The second-order valence-corrected chi connectivity index (χ2v) is 2.48. The summed E-state index contributed by atoms with van der Waals surface area (Å²) in [7, 11) is 0. The number of aromatic nitrogens is 1. The highest BCUT2D eigenvalue weighted by atomic mass is 127. The number of pyridine rings is 1. The third-order valence-electron chi connectivity index (χ3n) is 0.880. The van der Waals surface area contributed by atoms with E-state index in [2.05, 4.69) is 4.98 Å². The quantitative estimate of drug-likeness (QED) is 0.500. The van der Waals surface area contributed by atoms with Gasteiger partial charge >= 0.3 is 0 Å². The Hall–Kier alpha value is -0.630. The lowest BCUT2D eigenvalue weighted by molar-refractivity contribution is 1.25. The van der Waals surface area contributed by atoms with Crippen LogP contribution in [0.5, 0.6) is 0 Å². The Morgan fingerprint density at radius 1 is 1.67 bits per heavy atom. The van der Waals surface area contributed by atoms with Crippen LogP contribution in [0.3, 0.4) is 0 Å². The predicted octanol–water partition coefficient (Wildman–Crippen LogP) is 1.56. The Morgan fingerprint density at radius 2 is 2.44 bits per heavy atom. The van der Waals surface area contributed by atoms with E-state index in [9.17, 15) is 0 Å². The molecule has 0 aliphatic heterocycles. The van der Waals surface area contributed by atoms with E-state index in [1.807, 2.05) is 28.7 Å². The number of rotatable bonds is 0. The largest absolute Gasteiger partial charge is 0.249 e. The number of hydrogen-bond donors (Lipinski definition) is 0. The molecule has 1 rings (SSSR count). The van der Waals surface area contributed by atoms with Crippen molar-refractivity contribution in [3.8, 4) is 6.07 Å². The first kappa shape index (κ1) is 6.49. The third-order valence-corrected chi connectivity index (χ3v) is 1.74. The maximum Gasteiger partial charge on any atom is 0.119 e. The van der Waals surface area contributed by atoms with Crippen LogP contribution in [0.4, 0.5) is 0 Å². The fourth-order valence-electron chi connectivity index (χ4n) is 0.469. The van der Waals surface area contributed by atoms with Crippen molar-refractivity contribution in [2.24, 2.45) is 0 Å². The molecule has 0 N–H and O–H groups in total. The van der Waals surface area contributed by atoms with Crippen LogP contribution in [-0.2, 0) is 0 Å². The summed E-state index contributed by atoms with van der Waals surface area (Å²) in [4.78, 5) is 3.91. The second-order valence-electron chi connectivity index (χ2n) is 1.45. The third kappa shape index (κ3) is 1.39. The molecule has 0 unspecified atom stereocenters. The van der Waals surface area contributed by atoms with E-state index in [1.54, 1.807) is 18.3 Å². The van der Waals surface area contributed by atoms with Gasteiger partial charge in [-0.25, -0.2) is 4.98 Å². The Morgan fingerprint density at radius 3 is 2.89 bits per heavy atom. The smallest absolute Gasteiger partial charge is 0.119 e. The Bertz CT molecular complexity index is 251. The fourth-order valence-corrected chi connectivity index (χ4v) is 0.931. The molecule has 0 spiro atoms. The summed E-state index contributed by atoms with van der Waals surface area (Å²) in [6.07, 6.45) is 1.67. The van der Waals surface area contributed by atoms with Crippen molar-refractivity contribution in [2.45, 2.75) is 0 Å². The second kappa shape index (κ2) is 2.78. The molecule has 0 bridgehead atoms. The molecule has 0 amide bonds. The minimum Gasteiger partial charge on any atom is -0.249 e. The number of hydrogen-bond acceptors (Lipinski definition) is 2. The Labute approximate surface area is 66.7 Å². The molecule has 0 aliphatic rings. The molecule has 1 heterocycles. The van der Waals surface area contributed by atoms with Gasteiger partial charge in [0.2, 0.25) is 0 Å². The molecule has 0 radical (unpaired) electrons. The molecule has 44 valence electrons. The summed E-state index contributed by atoms with van der Waals surface area (Å²) in [5.41, 5.74) is 0.637. The molecule has 1 aromatic rings. The summed E-state index contributed by atoms with van der Waals surface area (Å²) >= 11 is 2.03. The summed E-state index contributed by atoms with van der Waals surface area (Å²) in [6, 6.07) is 5.52. The van der Waals surface area contributed by atoms with Crippen LogP contribution in [0.15, 0.2) is 18.3 Å². The van der Waals surface area contributed by atoms with Crippen LogP contribution in [0.2, 0.25) is 0 Å². The van der Waals surface area contributed by atoms with Crippen molar-refractivity contribution in [3.63, 3.8) is 0 Å². The first-order valence-corrected chi connectivity index (χ1v) is 3.43. The van der Waals surface area contributed by atoms with Crippen LogP contribution >= 0.6 is 22.6 Å². The normalized spacial score (nSPS) is 8.44. The van der Waals surface area contributed by atoms with Crippen molar-refractivity contribution >= 4 is 22.6 Å². The molecule has 0 aromatic carbocycles. The van der Waals surface area contributed by atoms with Gasteiger partial charge in [-0.15, -0.1) is 0 Å². The molecule has 0 saturated heterocycles. The van der Waals surface area contributed by atoms with Crippen LogP contribution in [-0.4, -0.2) is 4.98 Å². The van der Waals surface area contributed by atoms with Crippen molar-refractivity contribution in [1.29, 1.82) is 5.26 Å². The van der Waals surface area contributed by atoms with Crippen LogP contribution in [0.1, 0.15) is 5.56 Å². The molecule has 0 atom stereocenters. The van der Waals surface area contributed by atoms with Gasteiger partial charge in [-0.2, -0.15) is 5.26 Å². The van der Waals surface area contributed by atoms with E-state index in [4.69, 9.17) is 5.26 Å². The number of nitrogens with zero attached hydrogens (tertiary/aromatic N) is 2. The highest BCUT2D eigenvalue weighted by molar-refractivity contribution is 14.1. The zero-order valence-corrected chi connectivity index (χ0v) is 6.66. The molecule has 3 heteroatoms. The van der Waals surface area contributed by atoms with Gasteiger partial charge < -0.3 is 0 Å². The lowest BCUT2D eigenvalue weighted by atomic mass is 10.3. The van der Waals surface area contributed by atoms with E-state index in [0.29, 0.717) is 5.56 Å². The van der Waals surface area contributed by atoms with E-state index >= 15 is 0 Å². The molecule has 2 nitrogen and oxygen atoms in total. The van der Waals surface area contributed by atoms with Crippen LogP contribution < -0.4 is 0 Å². The standard InChI is InChI=1S/C6H3IN2/c7-6-5(4-8)2-1-3-9-6/h1-3H. The van der Waals surface area contributed by atoms with Gasteiger partial charge in [0.1, 0.15) is 9.77 Å². The van der Waals surface area contributed by atoms with Crippen LogP contribution in [0.25, 0.3) is 0 Å². The highest BCUT2D eigenvalue weighted by Gasteiger charge is 1.93. The van der Waals surface area contributed by atoms with Gasteiger partial charge in [-0.05, 0) is 34.7 Å². The van der Waals surface area contributed by atoms with E-state index < -0.39 is 0 Å². The van der Waals surface area contributed by atoms with Crippen molar-refractivity contribution in [1.82, 2.24) is 4.98 Å². The van der Waals surface area contributed by atoms with Gasteiger partial charge in [-0.1, -0.05) is 0 Å². The summed E-state index contributed by atoms with van der Waals surface area (Å²) in [5, 5.41) is 8.42. The lowest BCUT2D eigenvalue weighted by Crippen LogP contribution is -1.82. The highest BCUT2D eigenvalue weighted by Crippen LogP contribution is 2.04. The first-order valence-electron chi connectivity index (χ1n) is 2.35. The topological polar surface area (TPSA) is 36.7 Å². The van der Waals surface area contributed by atoms with Gasteiger partial charge in [0.05, 0.1) is 5.56 Å². The Kier molecular flexibility index (Phi) is 2.01. The van der Waals surface area contributed by atoms with Crippen molar-refractivity contribution < 1.29 is 0 Å². The molecule has 0 fully saturated rings. The molecule has 0 saturated carbocycles. The molecular weight excluding hydrogens is 227 g/mol. The van der Waals surface area contributed by atoms with Gasteiger partial charge in [-0.3, -0.25) is 0 Å². The van der Waals surface area contributed by atoms with E-state index in [1.165, 1.54) is 0 Å². The zero-order chi connectivity index (χ0) is 6.69. The molecule has 9 heavy (non-hydrogen) atoms. The van der Waals surface area contributed by atoms with Gasteiger partial charge in [0.15, 0.2) is 0 Å². The average Bonchev–Trinajstić information content (AvgIpc) is 1.89. The Balaban J connectivity index is 3.20. The maximum absolute atomic E-state index is 8.42. The SMILES string of the molecule is N#Cc1cccnc1I. The monoisotopic (exact) mass is 230 g/mol. The zero-order valence-electron chi connectivity index (χ0n) is 4.50. The average molecular weight is 230 g/mol. The van der Waals surface area contributed by atoms with Crippen LogP contribution in [0, 0.1) is 15.0 Å². The predicted molar refractivity (Wildman–Crippen MR) is 41.7 cm³/mol. The maximum atomic E-state index is 8.42. The molecular formula is C6H3IN2. The molecule has 0 aliphatic carbocycles. The fraction of sp³-hybridized carbons (Fsp3) is 0. The van der Waals surface area contributed by atoms with Crippen molar-refractivity contribution in [2.75, 3.05) is 0 Å². The number of nitriles is 1. The van der Waals surface area contributed by atoms with Gasteiger partial charge in [0.25, 0.3) is 0 Å². The van der Waals surface area contributed by atoms with E-state index in [0.717, 1.165) is 3.70 Å². The first-order chi connectivity index (χ1) is 4.34. The van der Waals surface area contributed by atoms with Crippen molar-refractivity contribution in [3.05, 3.63) is 27.6 Å². The minimum absolute atomic E-state index is 0.637.